The zero-order chi connectivity index (χ0) is 95.3. The van der Waals surface area contributed by atoms with Crippen LogP contribution in [0.4, 0.5) is 0 Å². The van der Waals surface area contributed by atoms with Crippen LogP contribution in [0, 0.1) is 6.57 Å². The molecule has 134 heavy (non-hydrogen) atoms. The van der Waals surface area contributed by atoms with Gasteiger partial charge in [-0.1, -0.05) is 216 Å². The number of nitrogens with zero attached hydrogens (tertiary/aromatic N) is 4. The molecule has 2 amide bonds. The molecular formula is C110H146N5O18P. The second-order valence-electron chi connectivity index (χ2n) is 34.7. The van der Waals surface area contributed by atoms with E-state index in [1.807, 2.05) is 161 Å². The first-order valence-electron chi connectivity index (χ1n) is 47.9. The Hall–Kier alpha value is -9.84. The number of methoxy groups -OCH3 is 6. The van der Waals surface area contributed by atoms with Gasteiger partial charge in [0.25, 0.3) is 8.53 Å². The van der Waals surface area contributed by atoms with Crippen molar-refractivity contribution in [2.75, 3.05) is 135 Å². The smallest absolute Gasteiger partial charge is 0.259 e. The SMILES string of the molecule is CCCCCCC(=O)N1C[C@H](O)C[C@H]1COCCCOC(c1ccccc1)(c1ccc(OC)cc1)c1ccc(OC)cc1.COc1ccc(C(OCCCOC[C@@H]2C[C@@H](O)CN2)(c2ccccc2)c2ccc(OC)cc2)cc1.[C-]#[N+]CCOP(O[C@@H]1C[C@@H](COCCCOC(c2ccccc2)(c2ccc(OC)cc2)c2ccc(OC)cc2)N(C(=O)CCCCCC)C1)N(C(C)C)C(C)C. The topological polar surface area (TPSA) is 230 Å². The number of carbonyl (C=O) groups excluding carboxylic acids is 2. The predicted octanol–water partition coefficient (Wildman–Crippen LogP) is 20.2. The van der Waals surface area contributed by atoms with E-state index in [4.69, 9.17) is 72.5 Å². The third kappa shape index (κ3) is 30.1. The molecule has 3 heterocycles. The molecule has 9 aromatic rings. The van der Waals surface area contributed by atoms with Gasteiger partial charge in [0, 0.05) is 70.4 Å². The fourth-order valence-electron chi connectivity index (χ4n) is 17.8. The summed E-state index contributed by atoms with van der Waals surface area (Å²) in [4.78, 5) is 33.7. The molecular weight excluding hydrogens is 1710 g/mol. The predicted molar refractivity (Wildman–Crippen MR) is 529 cm³/mol. The van der Waals surface area contributed by atoms with Gasteiger partial charge in [0.15, 0.2) is 0 Å². The first-order chi connectivity index (χ1) is 65.3. The lowest BCUT2D eigenvalue weighted by Gasteiger charge is -2.36. The third-order valence-electron chi connectivity index (χ3n) is 24.7. The fraction of sp³-hybridized carbons (Fsp3) is 0.482. The molecule has 724 valence electrons. The number of likely N-dealkylation sites (tertiary alicyclic amines) is 2. The Morgan fingerprint density at radius 1 is 0.403 bits per heavy atom. The van der Waals surface area contributed by atoms with E-state index in [1.165, 1.54) is 0 Å². The van der Waals surface area contributed by atoms with Crippen LogP contribution < -0.4 is 33.7 Å². The second kappa shape index (κ2) is 56.6. The number of benzene rings is 9. The molecule has 0 aliphatic carbocycles. The van der Waals surface area contributed by atoms with E-state index in [2.05, 4.69) is 141 Å². The van der Waals surface area contributed by atoms with Crippen molar-refractivity contribution in [1.29, 1.82) is 0 Å². The van der Waals surface area contributed by atoms with Crippen molar-refractivity contribution in [2.45, 2.75) is 210 Å². The number of carbonyl (C=O) groups is 2. The molecule has 1 unspecified atom stereocenters. The Balaban J connectivity index is 0.000000214. The van der Waals surface area contributed by atoms with Crippen LogP contribution in [0.1, 0.15) is 194 Å². The normalized spacial score (nSPS) is 16.9. The molecule has 0 aromatic heterocycles. The van der Waals surface area contributed by atoms with Gasteiger partial charge in [0.05, 0.1) is 113 Å². The maximum Gasteiger partial charge on any atom is 0.259 e. The van der Waals surface area contributed by atoms with E-state index in [0.717, 1.165) is 149 Å². The van der Waals surface area contributed by atoms with E-state index < -0.39 is 31.4 Å². The number of amides is 2. The van der Waals surface area contributed by atoms with Crippen molar-refractivity contribution < 1.29 is 85.7 Å². The van der Waals surface area contributed by atoms with Crippen LogP contribution in [0.25, 0.3) is 4.85 Å². The Morgan fingerprint density at radius 3 is 1.03 bits per heavy atom. The first-order valence-corrected chi connectivity index (χ1v) is 49.1. The van der Waals surface area contributed by atoms with E-state index in [0.29, 0.717) is 124 Å². The van der Waals surface area contributed by atoms with Gasteiger partial charge in [0.1, 0.15) is 57.9 Å². The zero-order valence-electron chi connectivity index (χ0n) is 81.0. The van der Waals surface area contributed by atoms with Crippen LogP contribution >= 0.6 is 8.53 Å². The summed E-state index contributed by atoms with van der Waals surface area (Å²) in [7, 11) is 8.58. The maximum absolute atomic E-state index is 13.7. The zero-order valence-corrected chi connectivity index (χ0v) is 81.9. The number of nitrogens with one attached hydrogen (secondary N) is 1. The van der Waals surface area contributed by atoms with Crippen LogP contribution in [-0.4, -0.2) is 220 Å². The minimum absolute atomic E-state index is 0.0865. The summed E-state index contributed by atoms with van der Waals surface area (Å²) in [6.45, 7) is 26.6. The summed E-state index contributed by atoms with van der Waals surface area (Å²) in [6, 6.07) is 79.4. The van der Waals surface area contributed by atoms with Crippen LogP contribution in [-0.2, 0) is 63.9 Å². The number of aliphatic hydroxyl groups excluding tert-OH is 2. The Labute approximate surface area is 798 Å². The number of β-amino-alcohol motifs (C(OH)–C–C–N with tert-alkyl or cyclic N) is 2. The van der Waals surface area contributed by atoms with Crippen molar-refractivity contribution >= 4 is 20.3 Å². The summed E-state index contributed by atoms with van der Waals surface area (Å²) in [6.07, 6.45) is 12.6. The van der Waals surface area contributed by atoms with Gasteiger partial charge in [-0.2, -0.15) is 0 Å². The highest BCUT2D eigenvalue weighted by atomic mass is 31.2. The minimum Gasteiger partial charge on any atom is -0.497 e. The largest absolute Gasteiger partial charge is 0.497 e. The van der Waals surface area contributed by atoms with Crippen molar-refractivity contribution in [3.8, 4) is 34.5 Å². The van der Waals surface area contributed by atoms with Crippen LogP contribution in [0.5, 0.6) is 34.5 Å². The molecule has 24 heteroatoms. The average Bonchev–Trinajstić information content (AvgIpc) is 0.861. The number of rotatable bonds is 54. The number of unbranched alkanes of at least 4 members (excludes halogenated alkanes) is 6. The Kier molecular flexibility index (Phi) is 44.9. The van der Waals surface area contributed by atoms with Crippen molar-refractivity contribution in [2.24, 2.45) is 0 Å². The molecule has 23 nitrogen and oxygen atoms in total. The van der Waals surface area contributed by atoms with E-state index >= 15 is 0 Å². The number of aliphatic hydroxyl groups is 2. The van der Waals surface area contributed by atoms with Gasteiger partial charge in [-0.3, -0.25) is 9.59 Å². The summed E-state index contributed by atoms with van der Waals surface area (Å²) in [5.74, 6) is 4.96. The molecule has 0 radical (unpaired) electrons. The van der Waals surface area contributed by atoms with Gasteiger partial charge in [-0.25, -0.2) is 11.2 Å². The van der Waals surface area contributed by atoms with Crippen LogP contribution in [0.3, 0.4) is 0 Å². The summed E-state index contributed by atoms with van der Waals surface area (Å²) in [5, 5.41) is 23.2. The van der Waals surface area contributed by atoms with Gasteiger partial charge < -0.3 is 96.1 Å². The van der Waals surface area contributed by atoms with Crippen LogP contribution in [0.15, 0.2) is 237 Å². The number of hydrogen-bond acceptors (Lipinski definition) is 20. The molecule has 12 rings (SSSR count). The highest BCUT2D eigenvalue weighted by Crippen LogP contribution is 2.50. The highest BCUT2D eigenvalue weighted by molar-refractivity contribution is 7.44. The first kappa shape index (κ1) is 106. The van der Waals surface area contributed by atoms with Crippen molar-refractivity contribution in [3.05, 3.63) is 298 Å². The summed E-state index contributed by atoms with van der Waals surface area (Å²) < 4.78 is 86.8. The molecule has 3 aliphatic heterocycles. The second-order valence-corrected chi connectivity index (χ2v) is 36.1. The van der Waals surface area contributed by atoms with E-state index in [9.17, 15) is 19.8 Å². The third-order valence-corrected chi connectivity index (χ3v) is 26.9. The van der Waals surface area contributed by atoms with Gasteiger partial charge in [-0.15, -0.1) is 0 Å². The molecule has 0 saturated carbocycles. The molecule has 7 atom stereocenters. The van der Waals surface area contributed by atoms with E-state index in [-0.39, 0.29) is 60.8 Å². The average molecular weight is 1860 g/mol. The van der Waals surface area contributed by atoms with Gasteiger partial charge >= 0.3 is 0 Å². The standard InChI is InChI=1S/C45H64N3O7P.C36H47NO6.C29H35NO5/c1-9-10-11-15-19-44(49)47-33-43(55-56(54-31-28-46-6)48(35(2)3)36(4)5)32-40(47)34-52-29-16-30-53-45(37-17-13-12-14-18-37,38-20-24-41(50-7)25-21-38)39-22-26-42(51-8)27-23-39;1-4-5-6-10-14-35(39)37-26-32(38)25-31(37)27-42-23-11-24-43-36(28-12-8-7-9-13-28,29-15-19-33(40-2)20-16-29)30-17-21-34(41-3)22-18-30;1-32-27-13-9-23(10-14-27)29(22-7-4-3-5-8-22,24-11-15-28(33-2)16-12-24)35-18-6-17-34-21-25-19-26(31)20-30-25/h12-14,17-18,20-27,35-36,40,43H,9-11,15-16,19,28-34H2,1-5,7-8H3;7-9,12-13,15-22,31-32,38H,4-6,10-11,14,23-27H2,1-3H3;3-5,7-16,25-26,30-31H,6,17-21H2,1-2H3/t40-,43+,56?;31-,32+;25-,26+/m000/s1. The lowest BCUT2D eigenvalue weighted by atomic mass is 9.80. The van der Waals surface area contributed by atoms with Gasteiger partial charge in [-0.05, 0) is 202 Å². The van der Waals surface area contributed by atoms with Crippen molar-refractivity contribution in [3.63, 3.8) is 0 Å². The van der Waals surface area contributed by atoms with E-state index in [1.54, 1.807) is 42.7 Å². The molecule has 0 bridgehead atoms. The molecule has 3 aliphatic rings. The number of ether oxygens (including phenoxy) is 12. The number of hydrogen-bond donors (Lipinski definition) is 3. The molecule has 3 saturated heterocycles. The summed E-state index contributed by atoms with van der Waals surface area (Å²) in [5.41, 5.74) is 6.45. The molecule has 3 fully saturated rings. The molecule has 0 spiro atoms. The Morgan fingerprint density at radius 2 is 0.724 bits per heavy atom. The summed E-state index contributed by atoms with van der Waals surface area (Å²) >= 11 is 0. The highest BCUT2D eigenvalue weighted by Gasteiger charge is 2.44. The molecule has 3 N–H and O–H groups in total. The lowest BCUT2D eigenvalue weighted by Crippen LogP contribution is -2.39. The monoisotopic (exact) mass is 1860 g/mol. The fourth-order valence-corrected chi connectivity index (χ4v) is 19.6. The van der Waals surface area contributed by atoms with Gasteiger partial charge in [0.2, 0.25) is 18.4 Å². The lowest BCUT2D eigenvalue weighted by molar-refractivity contribution is -0.134. The van der Waals surface area contributed by atoms with Crippen LogP contribution in [0.2, 0.25) is 0 Å². The molecule has 9 aromatic carbocycles. The van der Waals surface area contributed by atoms with Crippen molar-refractivity contribution in [1.82, 2.24) is 19.8 Å². The maximum atomic E-state index is 13.7. The quantitative estimate of drug-likeness (QED) is 0.0139. The minimum atomic E-state index is -1.41. The Bertz CT molecular complexity index is 4660.